The first-order chi connectivity index (χ1) is 14.7. The van der Waals surface area contributed by atoms with Crippen molar-refractivity contribution in [1.29, 1.82) is 0 Å². The van der Waals surface area contributed by atoms with Crippen LogP contribution < -0.4 is 10.6 Å². The van der Waals surface area contributed by atoms with Crippen molar-refractivity contribution in [2.24, 2.45) is 0 Å². The molecule has 0 spiro atoms. The molecule has 3 aromatic rings. The summed E-state index contributed by atoms with van der Waals surface area (Å²) in [5, 5.41) is 6.61. The summed E-state index contributed by atoms with van der Waals surface area (Å²) < 4.78 is 15.5. The summed E-state index contributed by atoms with van der Waals surface area (Å²) in [5.41, 5.74) is 2.36. The van der Waals surface area contributed by atoms with Crippen LogP contribution in [0.5, 0.6) is 0 Å². The summed E-state index contributed by atoms with van der Waals surface area (Å²) in [7, 11) is 7.22. The number of hydrogen-bond acceptors (Lipinski definition) is 3. The molecule has 7 nitrogen and oxygen atoms in total. The fraction of sp³-hybridized carbons (Fsp3) is 0.304. The summed E-state index contributed by atoms with van der Waals surface area (Å²) in [6, 6.07) is 13.3. The second-order valence-corrected chi connectivity index (χ2v) is 7.87. The number of nitrogens with one attached hydrogen (secondary N) is 2. The van der Waals surface area contributed by atoms with E-state index in [-0.39, 0.29) is 30.3 Å². The number of benzene rings is 2. The third kappa shape index (κ3) is 5.61. The van der Waals surface area contributed by atoms with Crippen LogP contribution in [0.15, 0.2) is 54.7 Å². The molecule has 164 valence electrons. The number of likely N-dealkylation sites (N-methyl/N-ethyl adjacent to an activating group) is 2. The first kappa shape index (κ1) is 22.3. The quantitative estimate of drug-likeness (QED) is 0.610. The van der Waals surface area contributed by atoms with E-state index in [0.29, 0.717) is 12.2 Å². The maximum atomic E-state index is 13.6. The van der Waals surface area contributed by atoms with Gasteiger partial charge in [0.05, 0.1) is 6.04 Å². The minimum atomic E-state index is -0.343. The second kappa shape index (κ2) is 9.61. The molecule has 3 amide bonds. The van der Waals surface area contributed by atoms with Crippen molar-refractivity contribution in [2.45, 2.75) is 12.6 Å². The monoisotopic (exact) mass is 425 g/mol. The van der Waals surface area contributed by atoms with Crippen LogP contribution >= 0.6 is 0 Å². The van der Waals surface area contributed by atoms with E-state index in [1.165, 1.54) is 12.1 Å². The number of nitrogens with zero attached hydrogens (tertiary/aromatic N) is 3. The third-order valence-electron chi connectivity index (χ3n) is 5.15. The van der Waals surface area contributed by atoms with Crippen LogP contribution in [0.25, 0.3) is 10.9 Å². The number of aromatic nitrogens is 1. The van der Waals surface area contributed by atoms with Gasteiger partial charge in [-0.3, -0.25) is 4.79 Å². The maximum Gasteiger partial charge on any atom is 0.319 e. The summed E-state index contributed by atoms with van der Waals surface area (Å²) in [6.45, 7) is 0.587. The topological polar surface area (TPSA) is 69.6 Å². The number of carbonyl (C=O) groups is 2. The van der Waals surface area contributed by atoms with Crippen molar-refractivity contribution in [3.05, 3.63) is 66.1 Å². The average Bonchev–Trinajstić information content (AvgIpc) is 3.09. The fourth-order valence-electron chi connectivity index (χ4n) is 3.38. The zero-order valence-corrected chi connectivity index (χ0v) is 18.2. The number of anilines is 1. The molecular formula is C23H28FN5O2. The molecule has 2 N–H and O–H groups in total. The predicted octanol–water partition coefficient (Wildman–Crippen LogP) is 3.29. The zero-order chi connectivity index (χ0) is 22.5. The molecule has 1 atom stereocenters. The van der Waals surface area contributed by atoms with Crippen molar-refractivity contribution < 1.29 is 14.0 Å². The number of fused-ring (bicyclic) bond motifs is 1. The molecule has 31 heavy (non-hydrogen) atoms. The van der Waals surface area contributed by atoms with E-state index in [1.54, 1.807) is 31.1 Å². The smallest absolute Gasteiger partial charge is 0.319 e. The number of amides is 3. The predicted molar refractivity (Wildman–Crippen MR) is 120 cm³/mol. The van der Waals surface area contributed by atoms with Crippen molar-refractivity contribution >= 4 is 28.5 Å². The van der Waals surface area contributed by atoms with Gasteiger partial charge in [-0.05, 0) is 56.1 Å². The lowest BCUT2D eigenvalue weighted by Gasteiger charge is -2.25. The summed E-state index contributed by atoms with van der Waals surface area (Å²) in [6.07, 6.45) is 1.86. The van der Waals surface area contributed by atoms with Gasteiger partial charge in [0.1, 0.15) is 12.4 Å². The van der Waals surface area contributed by atoms with Gasteiger partial charge in [0.25, 0.3) is 0 Å². The van der Waals surface area contributed by atoms with Crippen molar-refractivity contribution in [2.75, 3.05) is 40.1 Å². The molecule has 0 aliphatic rings. The van der Waals surface area contributed by atoms with E-state index in [1.807, 2.05) is 54.0 Å². The standard InChI is InChI=1S/C23H28FN5O2/c1-27(2)21(16-6-5-7-18(24)12-16)14-25-23(31)26-19-8-9-20-17(13-19)10-11-29(20)15-22(30)28(3)4/h5-13,21H,14-15H2,1-4H3,(H2,25,26,31). The lowest BCUT2D eigenvalue weighted by atomic mass is 10.1. The third-order valence-corrected chi connectivity index (χ3v) is 5.15. The number of hydrogen-bond donors (Lipinski definition) is 2. The molecule has 3 rings (SSSR count). The van der Waals surface area contributed by atoms with Gasteiger partial charge in [-0.25, -0.2) is 9.18 Å². The maximum absolute atomic E-state index is 13.6. The molecule has 1 aromatic heterocycles. The van der Waals surface area contributed by atoms with Crippen LogP contribution in [0.2, 0.25) is 0 Å². The minimum Gasteiger partial charge on any atom is -0.347 e. The Bertz CT molecular complexity index is 1080. The number of urea groups is 1. The summed E-state index contributed by atoms with van der Waals surface area (Å²) >= 11 is 0. The van der Waals surface area contributed by atoms with E-state index in [2.05, 4.69) is 10.6 Å². The molecule has 1 heterocycles. The molecule has 0 fully saturated rings. The van der Waals surface area contributed by atoms with Crippen LogP contribution in [0.3, 0.4) is 0 Å². The van der Waals surface area contributed by atoms with Gasteiger partial charge in [-0.2, -0.15) is 0 Å². The second-order valence-electron chi connectivity index (χ2n) is 7.87. The fourth-order valence-corrected chi connectivity index (χ4v) is 3.38. The van der Waals surface area contributed by atoms with E-state index in [4.69, 9.17) is 0 Å². The molecule has 0 radical (unpaired) electrons. The highest BCUT2D eigenvalue weighted by Crippen LogP contribution is 2.21. The van der Waals surface area contributed by atoms with Crippen molar-refractivity contribution in [3.8, 4) is 0 Å². The molecule has 0 aliphatic heterocycles. The van der Waals surface area contributed by atoms with Crippen LogP contribution in [0, 0.1) is 5.82 Å². The van der Waals surface area contributed by atoms with Gasteiger partial charge in [-0.1, -0.05) is 12.1 Å². The Balaban J connectivity index is 1.64. The number of halogens is 1. The molecule has 0 saturated carbocycles. The average molecular weight is 426 g/mol. The Kier molecular flexibility index (Phi) is 6.91. The molecule has 8 heteroatoms. The first-order valence-corrected chi connectivity index (χ1v) is 10.0. The number of rotatable bonds is 7. The Morgan fingerprint density at radius 3 is 2.52 bits per heavy atom. The van der Waals surface area contributed by atoms with Crippen LogP contribution in [0.1, 0.15) is 11.6 Å². The van der Waals surface area contributed by atoms with Crippen molar-refractivity contribution in [1.82, 2.24) is 19.7 Å². The Morgan fingerprint density at radius 2 is 1.84 bits per heavy atom. The highest BCUT2D eigenvalue weighted by atomic mass is 19.1. The zero-order valence-electron chi connectivity index (χ0n) is 18.2. The summed E-state index contributed by atoms with van der Waals surface area (Å²) in [4.78, 5) is 27.9. The van der Waals surface area contributed by atoms with Gasteiger partial charge in [-0.15, -0.1) is 0 Å². The molecule has 0 bridgehead atoms. The lowest BCUT2D eigenvalue weighted by molar-refractivity contribution is -0.129. The minimum absolute atomic E-state index is 0.00724. The largest absolute Gasteiger partial charge is 0.347 e. The van der Waals surface area contributed by atoms with Gasteiger partial charge in [0, 0.05) is 43.4 Å². The van der Waals surface area contributed by atoms with E-state index >= 15 is 0 Å². The van der Waals surface area contributed by atoms with Crippen LogP contribution in [0.4, 0.5) is 14.9 Å². The molecule has 1 unspecified atom stereocenters. The number of carbonyl (C=O) groups excluding carboxylic acids is 2. The Morgan fingerprint density at radius 1 is 1.06 bits per heavy atom. The van der Waals surface area contributed by atoms with Crippen LogP contribution in [-0.4, -0.2) is 61.0 Å². The van der Waals surface area contributed by atoms with Gasteiger partial charge in [0.15, 0.2) is 0 Å². The van der Waals surface area contributed by atoms with Crippen molar-refractivity contribution in [3.63, 3.8) is 0 Å². The SMILES string of the molecule is CN(C)C(=O)Cn1ccc2cc(NC(=O)NCC(c3cccc(F)c3)N(C)C)ccc21. The van der Waals surface area contributed by atoms with Gasteiger partial charge in [0.2, 0.25) is 5.91 Å². The van der Waals surface area contributed by atoms with Gasteiger partial charge >= 0.3 is 6.03 Å². The van der Waals surface area contributed by atoms with E-state index < -0.39 is 0 Å². The molecule has 2 aromatic carbocycles. The van der Waals surface area contributed by atoms with E-state index in [0.717, 1.165) is 16.5 Å². The summed E-state index contributed by atoms with van der Waals surface area (Å²) in [5.74, 6) is -0.297. The van der Waals surface area contributed by atoms with E-state index in [9.17, 15) is 14.0 Å². The Hall–Kier alpha value is -3.39. The Labute approximate surface area is 181 Å². The highest BCUT2D eigenvalue weighted by Gasteiger charge is 2.16. The van der Waals surface area contributed by atoms with Crippen LogP contribution in [-0.2, 0) is 11.3 Å². The first-order valence-electron chi connectivity index (χ1n) is 10.0. The molecular weight excluding hydrogens is 397 g/mol. The highest BCUT2D eigenvalue weighted by molar-refractivity contribution is 5.93. The molecule has 0 aliphatic carbocycles. The van der Waals surface area contributed by atoms with Gasteiger partial charge < -0.3 is 25.0 Å². The normalized spacial score (nSPS) is 12.1. The lowest BCUT2D eigenvalue weighted by Crippen LogP contribution is -2.36. The molecule has 0 saturated heterocycles.